The number of fused-ring (bicyclic) bond motifs is 1. The van der Waals surface area contributed by atoms with Crippen molar-refractivity contribution in [3.05, 3.63) is 47.9 Å². The molecule has 1 amide bonds. The summed E-state index contributed by atoms with van der Waals surface area (Å²) in [4.78, 5) is 14.7. The van der Waals surface area contributed by atoms with Gasteiger partial charge in [-0.05, 0) is 42.7 Å². The largest absolute Gasteiger partial charge is 0.459 e. The van der Waals surface area contributed by atoms with Crippen molar-refractivity contribution in [1.82, 2.24) is 4.90 Å². The van der Waals surface area contributed by atoms with Gasteiger partial charge in [0.1, 0.15) is 0 Å². The van der Waals surface area contributed by atoms with Crippen molar-refractivity contribution >= 4 is 5.91 Å². The Hall–Kier alpha value is -2.43. The van der Waals surface area contributed by atoms with Crippen LogP contribution in [0.15, 0.2) is 41.0 Å². The summed E-state index contributed by atoms with van der Waals surface area (Å²) in [6.45, 7) is 0.817. The van der Waals surface area contributed by atoms with Crippen LogP contribution in [0.5, 0.6) is 11.5 Å². The van der Waals surface area contributed by atoms with Gasteiger partial charge in [0.25, 0.3) is 5.91 Å². The van der Waals surface area contributed by atoms with E-state index in [1.54, 1.807) is 18.4 Å². The van der Waals surface area contributed by atoms with Crippen LogP contribution in [-0.4, -0.2) is 23.6 Å². The fourth-order valence-electron chi connectivity index (χ4n) is 3.36. The van der Waals surface area contributed by atoms with Gasteiger partial charge in [-0.15, -0.1) is 0 Å². The summed E-state index contributed by atoms with van der Waals surface area (Å²) in [7, 11) is 0. The molecule has 0 spiro atoms. The lowest BCUT2D eigenvalue weighted by Gasteiger charge is -2.28. The smallest absolute Gasteiger partial charge is 0.290 e. The molecule has 1 aromatic carbocycles. The maximum atomic E-state index is 12.8. The first-order valence-electron chi connectivity index (χ1n) is 8.04. The topological polar surface area (TPSA) is 51.9 Å². The molecule has 120 valence electrons. The summed E-state index contributed by atoms with van der Waals surface area (Å²) < 4.78 is 16.1. The molecule has 2 heterocycles. The van der Waals surface area contributed by atoms with Gasteiger partial charge in [-0.1, -0.05) is 18.9 Å². The highest BCUT2D eigenvalue weighted by Gasteiger charge is 2.29. The molecular weight excluding hydrogens is 294 g/mol. The number of nitrogens with zero attached hydrogens (tertiary/aromatic N) is 1. The minimum atomic E-state index is -0.0421. The number of ether oxygens (including phenoxy) is 2. The Kier molecular flexibility index (Phi) is 3.69. The zero-order valence-electron chi connectivity index (χ0n) is 12.9. The predicted molar refractivity (Wildman–Crippen MR) is 83.4 cm³/mol. The van der Waals surface area contributed by atoms with Gasteiger partial charge in [0.05, 0.1) is 6.26 Å². The Morgan fingerprint density at radius 1 is 1.13 bits per heavy atom. The second kappa shape index (κ2) is 5.99. The van der Waals surface area contributed by atoms with Crippen LogP contribution in [-0.2, 0) is 6.54 Å². The third-order valence-electron chi connectivity index (χ3n) is 4.55. The second-order valence-electron chi connectivity index (χ2n) is 6.04. The first-order valence-corrected chi connectivity index (χ1v) is 8.04. The van der Waals surface area contributed by atoms with Crippen LogP contribution in [0.2, 0.25) is 0 Å². The van der Waals surface area contributed by atoms with E-state index in [1.807, 2.05) is 23.1 Å². The minimum Gasteiger partial charge on any atom is -0.459 e. The lowest BCUT2D eigenvalue weighted by atomic mass is 10.1. The molecule has 1 aromatic heterocycles. The van der Waals surface area contributed by atoms with E-state index in [0.717, 1.165) is 29.9 Å². The van der Waals surface area contributed by atoms with Crippen molar-refractivity contribution in [3.8, 4) is 11.5 Å². The predicted octanol–water partition coefficient (Wildman–Crippen LogP) is 3.59. The van der Waals surface area contributed by atoms with Crippen LogP contribution in [0.4, 0.5) is 0 Å². The number of rotatable bonds is 4. The first-order chi connectivity index (χ1) is 11.3. The lowest BCUT2D eigenvalue weighted by Crippen LogP contribution is -2.38. The summed E-state index contributed by atoms with van der Waals surface area (Å²) >= 11 is 0. The number of carbonyl (C=O) groups is 1. The second-order valence-corrected chi connectivity index (χ2v) is 6.04. The van der Waals surface area contributed by atoms with E-state index in [2.05, 4.69) is 0 Å². The molecule has 0 saturated heterocycles. The van der Waals surface area contributed by atoms with Gasteiger partial charge >= 0.3 is 0 Å². The maximum absolute atomic E-state index is 12.8. The van der Waals surface area contributed by atoms with Gasteiger partial charge in [0, 0.05) is 12.6 Å². The van der Waals surface area contributed by atoms with Crippen LogP contribution in [0.1, 0.15) is 41.8 Å². The Morgan fingerprint density at radius 3 is 2.74 bits per heavy atom. The highest BCUT2D eigenvalue weighted by Crippen LogP contribution is 2.34. The van der Waals surface area contributed by atoms with Crippen molar-refractivity contribution in [1.29, 1.82) is 0 Å². The fraction of sp³-hybridized carbons (Fsp3) is 0.389. The monoisotopic (exact) mass is 313 g/mol. The Labute approximate surface area is 134 Å². The maximum Gasteiger partial charge on any atom is 0.290 e. The molecule has 2 aromatic rings. The third kappa shape index (κ3) is 2.79. The van der Waals surface area contributed by atoms with E-state index in [0.29, 0.717) is 12.3 Å². The number of hydrogen-bond acceptors (Lipinski definition) is 4. The van der Waals surface area contributed by atoms with Crippen molar-refractivity contribution in [2.24, 2.45) is 0 Å². The van der Waals surface area contributed by atoms with Gasteiger partial charge in [0.15, 0.2) is 17.3 Å². The average Bonchev–Trinajstić information content (AvgIpc) is 3.33. The van der Waals surface area contributed by atoms with Crippen LogP contribution in [0.25, 0.3) is 0 Å². The minimum absolute atomic E-state index is 0.0421. The molecule has 23 heavy (non-hydrogen) atoms. The number of hydrogen-bond donors (Lipinski definition) is 0. The third-order valence-corrected chi connectivity index (χ3v) is 4.55. The van der Waals surface area contributed by atoms with Crippen LogP contribution < -0.4 is 9.47 Å². The molecule has 4 rings (SSSR count). The summed E-state index contributed by atoms with van der Waals surface area (Å²) in [5, 5.41) is 0. The highest BCUT2D eigenvalue weighted by molar-refractivity contribution is 5.91. The Balaban J connectivity index is 1.59. The molecule has 0 N–H and O–H groups in total. The average molecular weight is 313 g/mol. The zero-order chi connectivity index (χ0) is 15.6. The first kappa shape index (κ1) is 14.2. The van der Waals surface area contributed by atoms with Crippen LogP contribution >= 0.6 is 0 Å². The van der Waals surface area contributed by atoms with Crippen molar-refractivity contribution < 1.29 is 18.7 Å². The molecular formula is C18H19NO4. The normalized spacial score (nSPS) is 16.7. The number of furan rings is 1. The van der Waals surface area contributed by atoms with Gasteiger partial charge in [-0.25, -0.2) is 0 Å². The molecule has 0 unspecified atom stereocenters. The molecule has 5 heteroatoms. The molecule has 1 saturated carbocycles. The standard InChI is InChI=1S/C18H19NO4/c20-18(16-6-3-9-21-16)19(14-4-1-2-5-14)11-13-7-8-15-17(10-13)23-12-22-15/h3,6-10,14H,1-2,4-5,11-12H2. The van der Waals surface area contributed by atoms with E-state index >= 15 is 0 Å². The molecule has 5 nitrogen and oxygen atoms in total. The van der Waals surface area contributed by atoms with E-state index < -0.39 is 0 Å². The van der Waals surface area contributed by atoms with Gasteiger partial charge in [-0.2, -0.15) is 0 Å². The number of benzene rings is 1. The van der Waals surface area contributed by atoms with E-state index in [4.69, 9.17) is 13.9 Å². The van der Waals surface area contributed by atoms with Crippen LogP contribution in [0, 0.1) is 0 Å². The molecule has 0 radical (unpaired) electrons. The lowest BCUT2D eigenvalue weighted by molar-refractivity contribution is 0.0631. The molecule has 0 bridgehead atoms. The summed E-state index contributed by atoms with van der Waals surface area (Å²) in [5.74, 6) is 1.87. The molecule has 2 aliphatic rings. The summed E-state index contributed by atoms with van der Waals surface area (Å²) in [5.41, 5.74) is 1.04. The van der Waals surface area contributed by atoms with Crippen molar-refractivity contribution in [2.45, 2.75) is 38.3 Å². The Bertz CT molecular complexity index is 689. The van der Waals surface area contributed by atoms with Gasteiger partial charge in [0.2, 0.25) is 6.79 Å². The van der Waals surface area contributed by atoms with E-state index in [9.17, 15) is 4.79 Å². The fourth-order valence-corrected chi connectivity index (χ4v) is 3.36. The quantitative estimate of drug-likeness (QED) is 0.865. The molecule has 1 aliphatic carbocycles. The van der Waals surface area contributed by atoms with E-state index in [1.165, 1.54) is 12.8 Å². The summed E-state index contributed by atoms with van der Waals surface area (Å²) in [6, 6.07) is 9.61. The zero-order valence-corrected chi connectivity index (χ0v) is 12.9. The molecule has 0 atom stereocenters. The van der Waals surface area contributed by atoms with Crippen molar-refractivity contribution in [2.75, 3.05) is 6.79 Å². The van der Waals surface area contributed by atoms with Crippen LogP contribution in [0.3, 0.4) is 0 Å². The van der Waals surface area contributed by atoms with Gasteiger partial charge < -0.3 is 18.8 Å². The van der Waals surface area contributed by atoms with Gasteiger partial charge in [-0.3, -0.25) is 4.79 Å². The Morgan fingerprint density at radius 2 is 1.96 bits per heavy atom. The number of carbonyl (C=O) groups excluding carboxylic acids is 1. The summed E-state index contributed by atoms with van der Waals surface area (Å²) in [6.07, 6.45) is 6.00. The highest BCUT2D eigenvalue weighted by atomic mass is 16.7. The van der Waals surface area contributed by atoms with E-state index in [-0.39, 0.29) is 18.7 Å². The SMILES string of the molecule is O=C(c1ccco1)N(Cc1ccc2c(c1)OCO2)C1CCCC1. The molecule has 1 fully saturated rings. The van der Waals surface area contributed by atoms with Crippen molar-refractivity contribution in [3.63, 3.8) is 0 Å². The number of amides is 1. The molecule has 1 aliphatic heterocycles.